The van der Waals surface area contributed by atoms with Gasteiger partial charge in [-0.3, -0.25) is 14.4 Å². The fourth-order valence-corrected chi connectivity index (χ4v) is 4.41. The normalized spacial score (nSPS) is 30.8. The number of hydrogen-bond acceptors (Lipinski definition) is 4. The molecule has 6 atom stereocenters. The lowest BCUT2D eigenvalue weighted by molar-refractivity contribution is -0.143. The molecule has 152 valence electrons. The van der Waals surface area contributed by atoms with Crippen molar-refractivity contribution in [1.29, 1.82) is 0 Å². The van der Waals surface area contributed by atoms with E-state index in [0.717, 1.165) is 12.8 Å². The van der Waals surface area contributed by atoms with Gasteiger partial charge in [0, 0.05) is 19.5 Å². The summed E-state index contributed by atoms with van der Waals surface area (Å²) in [6, 6.07) is -1.12. The highest BCUT2D eigenvalue weighted by Gasteiger charge is 2.57. The molecular weight excluding hydrogens is 346 g/mol. The number of nitrogens with one attached hydrogen (secondary N) is 2. The summed E-state index contributed by atoms with van der Waals surface area (Å²) in [7, 11) is 1.57. The Morgan fingerprint density at radius 3 is 2.52 bits per heavy atom. The van der Waals surface area contributed by atoms with Crippen LogP contribution in [0, 0.1) is 23.7 Å². The lowest BCUT2D eigenvalue weighted by atomic mass is 9.70. The summed E-state index contributed by atoms with van der Waals surface area (Å²) in [5.74, 6) is -2.13. The third kappa shape index (κ3) is 4.03. The lowest BCUT2D eigenvalue weighted by Crippen LogP contribution is -2.52. The zero-order valence-corrected chi connectivity index (χ0v) is 16.8. The van der Waals surface area contributed by atoms with Crippen molar-refractivity contribution in [3.05, 3.63) is 12.2 Å². The van der Waals surface area contributed by atoms with Crippen molar-refractivity contribution in [2.45, 2.75) is 52.1 Å². The number of nitrogens with zero attached hydrogens (tertiary/aromatic N) is 1. The Morgan fingerprint density at radius 2 is 1.96 bits per heavy atom. The number of carbonyl (C=O) groups excluding carboxylic acids is 3. The van der Waals surface area contributed by atoms with Crippen LogP contribution in [0.25, 0.3) is 0 Å². The Hall–Kier alpha value is -1.89. The van der Waals surface area contributed by atoms with Crippen LogP contribution in [0.2, 0.25) is 0 Å². The minimum atomic E-state index is -0.688. The Labute approximate surface area is 161 Å². The van der Waals surface area contributed by atoms with Crippen molar-refractivity contribution in [3.8, 4) is 0 Å². The number of rotatable bonds is 8. The molecule has 1 aliphatic heterocycles. The number of aliphatic hydroxyl groups is 1. The summed E-state index contributed by atoms with van der Waals surface area (Å²) in [5, 5.41) is 15.4. The van der Waals surface area contributed by atoms with Crippen LogP contribution in [0.4, 0.5) is 0 Å². The predicted octanol–water partition coefficient (Wildman–Crippen LogP) is 0.685. The number of fused-ring (bicyclic) bond motifs is 1. The molecule has 1 heterocycles. The molecule has 0 radical (unpaired) electrons. The van der Waals surface area contributed by atoms with E-state index in [1.807, 2.05) is 32.9 Å². The maximum atomic E-state index is 13.3. The van der Waals surface area contributed by atoms with Crippen LogP contribution < -0.4 is 10.6 Å². The van der Waals surface area contributed by atoms with Gasteiger partial charge in [-0.15, -0.1) is 0 Å². The molecule has 7 nitrogen and oxygen atoms in total. The number of allylic oxidation sites excluding steroid dienone is 1. The number of likely N-dealkylation sites (tertiary alicyclic amines) is 1. The minimum absolute atomic E-state index is 0.0897. The van der Waals surface area contributed by atoms with Gasteiger partial charge in [-0.05, 0) is 18.8 Å². The van der Waals surface area contributed by atoms with Crippen molar-refractivity contribution < 1.29 is 19.5 Å². The summed E-state index contributed by atoms with van der Waals surface area (Å²) in [6.45, 7) is 6.20. The van der Waals surface area contributed by atoms with E-state index in [2.05, 4.69) is 10.6 Å². The highest BCUT2D eigenvalue weighted by molar-refractivity contribution is 5.97. The standard InChI is InChI=1S/C20H33N3O4/c1-5-7-10-22-19(26)17-14-9-8-12(3)15(18(25)21-4)16(14)20(27)23(17)13(6-2)11-24/h8-9,12-17,24H,5-7,10-11H2,1-4H3,(H,21,25)(H,22,26)/t12-,13+,14+,15-,16-,17+/m1/s1. The van der Waals surface area contributed by atoms with Crippen LogP contribution >= 0.6 is 0 Å². The fraction of sp³-hybridized carbons (Fsp3) is 0.750. The molecule has 1 aliphatic carbocycles. The van der Waals surface area contributed by atoms with Gasteiger partial charge in [0.25, 0.3) is 0 Å². The number of carbonyl (C=O) groups is 3. The molecule has 27 heavy (non-hydrogen) atoms. The third-order valence-electron chi connectivity index (χ3n) is 5.93. The number of hydrogen-bond donors (Lipinski definition) is 3. The molecule has 0 aromatic carbocycles. The average molecular weight is 380 g/mol. The van der Waals surface area contributed by atoms with Crippen molar-refractivity contribution in [1.82, 2.24) is 15.5 Å². The van der Waals surface area contributed by atoms with Gasteiger partial charge in [-0.2, -0.15) is 0 Å². The first-order valence-corrected chi connectivity index (χ1v) is 10.0. The molecular formula is C20H33N3O4. The molecule has 1 saturated heterocycles. The minimum Gasteiger partial charge on any atom is -0.394 e. The lowest BCUT2D eigenvalue weighted by Gasteiger charge is -2.33. The van der Waals surface area contributed by atoms with Gasteiger partial charge < -0.3 is 20.6 Å². The van der Waals surface area contributed by atoms with Crippen LogP contribution in [-0.2, 0) is 14.4 Å². The molecule has 2 rings (SSSR count). The zero-order valence-electron chi connectivity index (χ0n) is 16.8. The fourth-order valence-electron chi connectivity index (χ4n) is 4.41. The third-order valence-corrected chi connectivity index (χ3v) is 5.93. The quantitative estimate of drug-likeness (QED) is 0.427. The Bertz CT molecular complexity index is 588. The Kier molecular flexibility index (Phi) is 7.41. The first-order valence-electron chi connectivity index (χ1n) is 10.0. The first kappa shape index (κ1) is 21.4. The number of unbranched alkanes of at least 4 members (excludes halogenated alkanes) is 1. The van der Waals surface area contributed by atoms with E-state index in [1.54, 1.807) is 7.05 Å². The topological polar surface area (TPSA) is 98.7 Å². The SMILES string of the molecule is CCCCNC(=O)[C@@H]1[C@H]2C=C[C@@H](C)[C@@H](C(=O)NC)[C@@H]2C(=O)N1[C@@H](CC)CO. The van der Waals surface area contributed by atoms with E-state index in [-0.39, 0.29) is 36.2 Å². The van der Waals surface area contributed by atoms with Crippen LogP contribution in [0.5, 0.6) is 0 Å². The molecule has 2 aliphatic rings. The van der Waals surface area contributed by atoms with Crippen LogP contribution in [0.3, 0.4) is 0 Å². The number of amides is 3. The predicted molar refractivity (Wildman–Crippen MR) is 103 cm³/mol. The first-order chi connectivity index (χ1) is 12.9. The summed E-state index contributed by atoms with van der Waals surface area (Å²) in [5.41, 5.74) is 0. The second kappa shape index (κ2) is 9.35. The Balaban J connectivity index is 2.41. The molecule has 3 N–H and O–H groups in total. The molecule has 0 aromatic rings. The van der Waals surface area contributed by atoms with E-state index < -0.39 is 23.9 Å². The average Bonchev–Trinajstić information content (AvgIpc) is 2.95. The van der Waals surface area contributed by atoms with Crippen LogP contribution in [-0.4, -0.2) is 60.0 Å². The summed E-state index contributed by atoms with van der Waals surface area (Å²) in [6.07, 6.45) is 6.23. The molecule has 0 spiro atoms. The van der Waals surface area contributed by atoms with Gasteiger partial charge in [0.1, 0.15) is 6.04 Å². The summed E-state index contributed by atoms with van der Waals surface area (Å²) in [4.78, 5) is 40.4. The zero-order chi connectivity index (χ0) is 20.1. The van der Waals surface area contributed by atoms with Crippen LogP contribution in [0.1, 0.15) is 40.0 Å². The smallest absolute Gasteiger partial charge is 0.243 e. The van der Waals surface area contributed by atoms with Gasteiger partial charge >= 0.3 is 0 Å². The van der Waals surface area contributed by atoms with Gasteiger partial charge in [0.05, 0.1) is 24.5 Å². The van der Waals surface area contributed by atoms with E-state index in [9.17, 15) is 19.5 Å². The van der Waals surface area contributed by atoms with Gasteiger partial charge in [-0.1, -0.05) is 39.3 Å². The van der Waals surface area contributed by atoms with E-state index in [0.29, 0.717) is 13.0 Å². The Morgan fingerprint density at radius 1 is 1.26 bits per heavy atom. The molecule has 0 aromatic heterocycles. The molecule has 3 amide bonds. The molecule has 1 fully saturated rings. The number of aliphatic hydroxyl groups excluding tert-OH is 1. The van der Waals surface area contributed by atoms with Crippen LogP contribution in [0.15, 0.2) is 12.2 Å². The van der Waals surface area contributed by atoms with Crippen molar-refractivity contribution in [2.75, 3.05) is 20.2 Å². The summed E-state index contributed by atoms with van der Waals surface area (Å²) >= 11 is 0. The largest absolute Gasteiger partial charge is 0.394 e. The second-order valence-electron chi connectivity index (χ2n) is 7.57. The van der Waals surface area contributed by atoms with Crippen molar-refractivity contribution >= 4 is 17.7 Å². The van der Waals surface area contributed by atoms with Gasteiger partial charge in [0.15, 0.2) is 0 Å². The molecule has 7 heteroatoms. The second-order valence-corrected chi connectivity index (χ2v) is 7.57. The van der Waals surface area contributed by atoms with Gasteiger partial charge in [-0.25, -0.2) is 0 Å². The highest BCUT2D eigenvalue weighted by atomic mass is 16.3. The van der Waals surface area contributed by atoms with E-state index in [1.165, 1.54) is 4.90 Å². The van der Waals surface area contributed by atoms with Crippen molar-refractivity contribution in [3.63, 3.8) is 0 Å². The van der Waals surface area contributed by atoms with Gasteiger partial charge in [0.2, 0.25) is 17.7 Å². The highest BCUT2D eigenvalue weighted by Crippen LogP contribution is 2.44. The van der Waals surface area contributed by atoms with Crippen molar-refractivity contribution in [2.24, 2.45) is 23.7 Å². The summed E-state index contributed by atoms with van der Waals surface area (Å²) < 4.78 is 0. The molecule has 0 unspecified atom stereocenters. The molecule has 0 saturated carbocycles. The maximum absolute atomic E-state index is 13.3. The van der Waals surface area contributed by atoms with E-state index in [4.69, 9.17) is 0 Å². The molecule has 0 bridgehead atoms. The van der Waals surface area contributed by atoms with E-state index >= 15 is 0 Å². The maximum Gasteiger partial charge on any atom is 0.243 e. The monoisotopic (exact) mass is 379 g/mol.